The molecule has 0 atom stereocenters. The van der Waals surface area contributed by atoms with E-state index in [2.05, 4.69) is 10.5 Å². The number of anilines is 2. The van der Waals surface area contributed by atoms with Gasteiger partial charge in [-0.3, -0.25) is 10.1 Å². The van der Waals surface area contributed by atoms with Crippen molar-refractivity contribution in [1.29, 1.82) is 0 Å². The molecule has 0 aliphatic carbocycles. The van der Waals surface area contributed by atoms with Crippen LogP contribution in [0, 0.1) is 20.8 Å². The maximum Gasteiger partial charge on any atom is 0.268 e. The molecule has 1 amide bonds. The highest BCUT2D eigenvalue weighted by Gasteiger charge is 2.15. The first-order valence-corrected chi connectivity index (χ1v) is 5.91. The lowest BCUT2D eigenvalue weighted by Gasteiger charge is -1.98. The Kier molecular flexibility index (Phi) is 2.89. The third kappa shape index (κ3) is 2.16. The summed E-state index contributed by atoms with van der Waals surface area (Å²) in [4.78, 5) is 13.4. The van der Waals surface area contributed by atoms with Crippen molar-refractivity contribution in [2.45, 2.75) is 20.8 Å². The van der Waals surface area contributed by atoms with Crippen molar-refractivity contribution in [3.8, 4) is 0 Å². The molecule has 0 bridgehead atoms. The van der Waals surface area contributed by atoms with Gasteiger partial charge in [0, 0.05) is 16.1 Å². The van der Waals surface area contributed by atoms with Gasteiger partial charge in [-0.2, -0.15) is 0 Å². The van der Waals surface area contributed by atoms with E-state index in [0.29, 0.717) is 16.4 Å². The van der Waals surface area contributed by atoms with E-state index in [9.17, 15) is 4.79 Å². The number of nitrogens with one attached hydrogen (secondary N) is 1. The zero-order valence-electron chi connectivity index (χ0n) is 9.83. The Hall–Kier alpha value is -1.82. The van der Waals surface area contributed by atoms with Crippen LogP contribution in [0.2, 0.25) is 0 Å². The van der Waals surface area contributed by atoms with Crippen LogP contribution in [-0.4, -0.2) is 11.1 Å². The van der Waals surface area contributed by atoms with Gasteiger partial charge in [-0.25, -0.2) is 0 Å². The van der Waals surface area contributed by atoms with Crippen LogP contribution < -0.4 is 11.1 Å². The Morgan fingerprint density at radius 2 is 2.18 bits per heavy atom. The molecular formula is C11H13N3O2S. The van der Waals surface area contributed by atoms with Crippen molar-refractivity contribution in [1.82, 2.24) is 5.16 Å². The average molecular weight is 251 g/mol. The van der Waals surface area contributed by atoms with Gasteiger partial charge < -0.3 is 10.3 Å². The van der Waals surface area contributed by atoms with E-state index in [-0.39, 0.29) is 5.91 Å². The monoisotopic (exact) mass is 251 g/mol. The Morgan fingerprint density at radius 1 is 1.47 bits per heavy atom. The van der Waals surface area contributed by atoms with Gasteiger partial charge in [0.25, 0.3) is 5.91 Å². The maximum atomic E-state index is 11.9. The minimum absolute atomic E-state index is 0.228. The molecule has 0 aromatic carbocycles. The Balaban J connectivity index is 2.20. The fourth-order valence-electron chi connectivity index (χ4n) is 1.30. The van der Waals surface area contributed by atoms with Gasteiger partial charge in [-0.05, 0) is 26.8 Å². The molecule has 0 spiro atoms. The summed E-state index contributed by atoms with van der Waals surface area (Å²) in [6, 6.07) is 1.66. The topological polar surface area (TPSA) is 81.2 Å². The van der Waals surface area contributed by atoms with Gasteiger partial charge >= 0.3 is 0 Å². The number of nitrogens with two attached hydrogens (primary N) is 1. The van der Waals surface area contributed by atoms with Crippen LogP contribution in [0.4, 0.5) is 11.6 Å². The van der Waals surface area contributed by atoms with Crippen LogP contribution in [0.3, 0.4) is 0 Å². The summed E-state index contributed by atoms with van der Waals surface area (Å²) in [6.45, 7) is 5.54. The summed E-state index contributed by atoms with van der Waals surface area (Å²) in [5.41, 5.74) is 7.93. The molecule has 0 unspecified atom stereocenters. The highest BCUT2D eigenvalue weighted by atomic mass is 32.1. The van der Waals surface area contributed by atoms with Crippen LogP contribution in [0.15, 0.2) is 10.6 Å². The number of thiophene rings is 1. The first kappa shape index (κ1) is 11.7. The number of nitrogen functional groups attached to an aromatic ring is 1. The number of amides is 1. The van der Waals surface area contributed by atoms with Crippen LogP contribution in [0.5, 0.6) is 0 Å². The van der Waals surface area contributed by atoms with Crippen molar-refractivity contribution < 1.29 is 9.32 Å². The second kappa shape index (κ2) is 4.21. The summed E-state index contributed by atoms with van der Waals surface area (Å²) in [5, 5.41) is 6.45. The van der Waals surface area contributed by atoms with Crippen LogP contribution in [0.1, 0.15) is 25.8 Å². The van der Waals surface area contributed by atoms with E-state index in [4.69, 9.17) is 10.3 Å². The molecule has 0 aliphatic heterocycles. The molecule has 0 radical (unpaired) electrons. The fourth-order valence-corrected chi connectivity index (χ4v) is 2.14. The number of aryl methyl sites for hydroxylation is 2. The minimum Gasteiger partial charge on any atom is -0.398 e. The number of hydrogen-bond acceptors (Lipinski definition) is 5. The molecule has 2 aromatic heterocycles. The quantitative estimate of drug-likeness (QED) is 0.859. The van der Waals surface area contributed by atoms with E-state index in [1.54, 1.807) is 6.07 Å². The molecule has 2 rings (SSSR count). The number of carbonyl (C=O) groups is 1. The van der Waals surface area contributed by atoms with Crippen molar-refractivity contribution in [3.63, 3.8) is 0 Å². The smallest absolute Gasteiger partial charge is 0.268 e. The third-order valence-electron chi connectivity index (χ3n) is 2.56. The predicted molar refractivity (Wildman–Crippen MR) is 67.4 cm³/mol. The summed E-state index contributed by atoms with van der Waals surface area (Å²) >= 11 is 1.36. The van der Waals surface area contributed by atoms with Gasteiger partial charge in [0.15, 0.2) is 0 Å². The van der Waals surface area contributed by atoms with Crippen LogP contribution in [-0.2, 0) is 0 Å². The Morgan fingerprint density at radius 3 is 2.65 bits per heavy atom. The molecule has 3 N–H and O–H groups in total. The lowest BCUT2D eigenvalue weighted by atomic mass is 10.3. The zero-order valence-corrected chi connectivity index (χ0v) is 10.6. The summed E-state index contributed by atoms with van der Waals surface area (Å²) < 4.78 is 5.02. The van der Waals surface area contributed by atoms with Crippen LogP contribution >= 0.6 is 11.3 Å². The van der Waals surface area contributed by atoms with Gasteiger partial charge in [0.05, 0.1) is 10.6 Å². The van der Waals surface area contributed by atoms with Crippen molar-refractivity contribution in [2.24, 2.45) is 0 Å². The molecule has 5 nitrogen and oxygen atoms in total. The number of rotatable bonds is 2. The first-order chi connectivity index (χ1) is 7.99. The molecule has 90 valence electrons. The normalized spacial score (nSPS) is 10.5. The number of hydrogen-bond donors (Lipinski definition) is 2. The standard InChI is InChI=1S/C11H13N3O2S/c1-5-6(2)14-16-11(5)13-10(15)9-4-8(12)7(3)17-9/h4H,12H2,1-3H3,(H,13,15). The predicted octanol–water partition coefficient (Wildman–Crippen LogP) is 2.50. The molecule has 17 heavy (non-hydrogen) atoms. The lowest BCUT2D eigenvalue weighted by Crippen LogP contribution is -2.10. The minimum atomic E-state index is -0.228. The van der Waals surface area contributed by atoms with E-state index in [1.165, 1.54) is 11.3 Å². The molecule has 0 saturated heterocycles. The molecule has 2 aromatic rings. The fraction of sp³-hybridized carbons (Fsp3) is 0.273. The first-order valence-electron chi connectivity index (χ1n) is 5.09. The van der Waals surface area contributed by atoms with Crippen molar-refractivity contribution in [2.75, 3.05) is 11.1 Å². The van der Waals surface area contributed by atoms with Crippen molar-refractivity contribution in [3.05, 3.63) is 27.1 Å². The molecule has 6 heteroatoms. The number of carbonyl (C=O) groups excluding carboxylic acids is 1. The van der Waals surface area contributed by atoms with Crippen LogP contribution in [0.25, 0.3) is 0 Å². The Labute approximate surface area is 103 Å². The maximum absolute atomic E-state index is 11.9. The molecule has 0 aliphatic rings. The number of aromatic nitrogens is 1. The van der Waals surface area contributed by atoms with Crippen molar-refractivity contribution >= 4 is 28.8 Å². The van der Waals surface area contributed by atoms with E-state index >= 15 is 0 Å². The summed E-state index contributed by atoms with van der Waals surface area (Å²) in [7, 11) is 0. The van der Waals surface area contributed by atoms with Gasteiger partial charge in [0.2, 0.25) is 5.88 Å². The summed E-state index contributed by atoms with van der Waals surface area (Å²) in [5.74, 6) is 0.158. The molecular weight excluding hydrogens is 238 g/mol. The van der Waals surface area contributed by atoms with Gasteiger partial charge in [0.1, 0.15) is 0 Å². The highest BCUT2D eigenvalue weighted by Crippen LogP contribution is 2.25. The largest absolute Gasteiger partial charge is 0.398 e. The lowest BCUT2D eigenvalue weighted by molar-refractivity contribution is 0.102. The Bertz CT molecular complexity index is 552. The molecule has 2 heterocycles. The SMILES string of the molecule is Cc1noc(NC(=O)c2cc(N)c(C)s2)c1C. The van der Waals surface area contributed by atoms with E-state index < -0.39 is 0 Å². The van der Waals surface area contributed by atoms with E-state index in [1.807, 2.05) is 20.8 Å². The number of nitrogens with zero attached hydrogens (tertiary/aromatic N) is 1. The van der Waals surface area contributed by atoms with Gasteiger partial charge in [-0.1, -0.05) is 5.16 Å². The van der Waals surface area contributed by atoms with E-state index in [0.717, 1.165) is 16.1 Å². The highest BCUT2D eigenvalue weighted by molar-refractivity contribution is 7.14. The second-order valence-electron chi connectivity index (χ2n) is 3.80. The summed E-state index contributed by atoms with van der Waals surface area (Å²) in [6.07, 6.45) is 0. The molecule has 0 saturated carbocycles. The average Bonchev–Trinajstić information content (AvgIpc) is 2.77. The third-order valence-corrected chi connectivity index (χ3v) is 3.63. The zero-order chi connectivity index (χ0) is 12.6. The molecule has 0 fully saturated rings. The van der Waals surface area contributed by atoms with Gasteiger partial charge in [-0.15, -0.1) is 11.3 Å². The second-order valence-corrected chi connectivity index (χ2v) is 5.05.